The number of nitrogens with one attached hydrogen (secondary N) is 1. The van der Waals surface area contributed by atoms with Crippen molar-refractivity contribution >= 4 is 11.9 Å². The summed E-state index contributed by atoms with van der Waals surface area (Å²) in [7, 11) is 3.51. The summed E-state index contributed by atoms with van der Waals surface area (Å²) in [5, 5.41) is 7.07. The van der Waals surface area contributed by atoms with E-state index in [0.29, 0.717) is 18.1 Å². The fourth-order valence-corrected chi connectivity index (χ4v) is 3.07. The van der Waals surface area contributed by atoms with Gasteiger partial charge in [0.25, 0.3) is 5.91 Å². The summed E-state index contributed by atoms with van der Waals surface area (Å²) in [4.78, 5) is 17.0. The number of carbonyl (C=O) groups is 1. The summed E-state index contributed by atoms with van der Waals surface area (Å²) in [5.41, 5.74) is 3.54. The van der Waals surface area contributed by atoms with Gasteiger partial charge in [-0.3, -0.25) is 14.8 Å². The molecule has 0 saturated carbocycles. The van der Waals surface area contributed by atoms with E-state index in [-0.39, 0.29) is 5.91 Å². The molecule has 0 aliphatic carbocycles. The van der Waals surface area contributed by atoms with Crippen molar-refractivity contribution in [2.75, 3.05) is 12.4 Å². The van der Waals surface area contributed by atoms with Crippen molar-refractivity contribution in [3.05, 3.63) is 84.3 Å². The number of carbonyl (C=O) groups excluding carboxylic acids is 1. The molecule has 2 heterocycles. The largest absolute Gasteiger partial charge is 0.497 e. The smallest absolute Gasteiger partial charge is 0.257 e. The molecule has 0 radical (unpaired) electrons. The maximum Gasteiger partial charge on any atom is 0.257 e. The maximum absolute atomic E-state index is 12.6. The van der Waals surface area contributed by atoms with Crippen LogP contribution in [0.15, 0.2) is 73.2 Å². The molecule has 0 unspecified atom stereocenters. The first-order valence-electron chi connectivity index (χ1n) is 9.18. The molecule has 2 aromatic heterocycles. The third kappa shape index (κ3) is 4.03. The second-order valence-electron chi connectivity index (χ2n) is 6.61. The molecular formula is C22H21N5O2. The number of methoxy groups -OCH3 is 1. The molecule has 146 valence electrons. The third-order valence-corrected chi connectivity index (χ3v) is 4.72. The van der Waals surface area contributed by atoms with E-state index in [1.165, 1.54) is 0 Å². The number of imidazole rings is 1. The van der Waals surface area contributed by atoms with Crippen LogP contribution in [0.3, 0.4) is 0 Å². The van der Waals surface area contributed by atoms with E-state index < -0.39 is 0 Å². The molecule has 1 N–H and O–H groups in total. The number of aromatic nitrogens is 4. The van der Waals surface area contributed by atoms with Gasteiger partial charge in [-0.1, -0.05) is 12.1 Å². The highest BCUT2D eigenvalue weighted by molar-refractivity contribution is 6.03. The van der Waals surface area contributed by atoms with E-state index in [0.717, 1.165) is 22.6 Å². The van der Waals surface area contributed by atoms with Crippen LogP contribution in [0.25, 0.3) is 11.3 Å². The van der Waals surface area contributed by atoms with E-state index in [2.05, 4.69) is 15.4 Å². The van der Waals surface area contributed by atoms with E-state index in [1.54, 1.807) is 19.5 Å². The summed E-state index contributed by atoms with van der Waals surface area (Å²) >= 11 is 0. The minimum Gasteiger partial charge on any atom is -0.497 e. The minimum atomic E-state index is -0.203. The van der Waals surface area contributed by atoms with Crippen LogP contribution < -0.4 is 10.1 Å². The first kappa shape index (κ1) is 18.5. The van der Waals surface area contributed by atoms with Crippen LogP contribution in [-0.4, -0.2) is 32.3 Å². The van der Waals surface area contributed by atoms with E-state index >= 15 is 0 Å². The lowest BCUT2D eigenvalue weighted by atomic mass is 10.1. The third-order valence-electron chi connectivity index (χ3n) is 4.72. The minimum absolute atomic E-state index is 0.203. The van der Waals surface area contributed by atoms with Crippen molar-refractivity contribution in [2.24, 2.45) is 7.05 Å². The lowest BCUT2D eigenvalue weighted by molar-refractivity contribution is 0.102. The second-order valence-corrected chi connectivity index (χ2v) is 6.61. The second kappa shape index (κ2) is 8.02. The molecule has 0 atom stereocenters. The Labute approximate surface area is 168 Å². The monoisotopic (exact) mass is 387 g/mol. The Morgan fingerprint density at radius 2 is 1.86 bits per heavy atom. The highest BCUT2D eigenvalue weighted by atomic mass is 16.5. The molecule has 2 aromatic carbocycles. The lowest BCUT2D eigenvalue weighted by Gasteiger charge is -2.09. The molecule has 0 bridgehead atoms. The summed E-state index contributed by atoms with van der Waals surface area (Å²) in [6.07, 6.45) is 5.39. The Hall–Kier alpha value is -3.87. The summed E-state index contributed by atoms with van der Waals surface area (Å²) < 4.78 is 8.89. The van der Waals surface area contributed by atoms with Crippen molar-refractivity contribution in [3.8, 4) is 17.0 Å². The Kier molecular flexibility index (Phi) is 5.11. The van der Waals surface area contributed by atoms with Gasteiger partial charge >= 0.3 is 0 Å². The van der Waals surface area contributed by atoms with Gasteiger partial charge in [0, 0.05) is 30.6 Å². The van der Waals surface area contributed by atoms with E-state index in [4.69, 9.17) is 4.74 Å². The normalized spacial score (nSPS) is 10.7. The Morgan fingerprint density at radius 1 is 1.10 bits per heavy atom. The van der Waals surface area contributed by atoms with Gasteiger partial charge in [0.2, 0.25) is 5.95 Å². The van der Waals surface area contributed by atoms with Crippen molar-refractivity contribution in [3.63, 3.8) is 0 Å². The van der Waals surface area contributed by atoms with E-state index in [9.17, 15) is 4.79 Å². The number of ether oxygens (including phenoxy) is 1. The molecule has 0 spiro atoms. The fourth-order valence-electron chi connectivity index (χ4n) is 3.07. The number of amides is 1. The molecule has 29 heavy (non-hydrogen) atoms. The van der Waals surface area contributed by atoms with Gasteiger partial charge in [0.15, 0.2) is 0 Å². The lowest BCUT2D eigenvalue weighted by Crippen LogP contribution is -2.15. The molecule has 4 rings (SSSR count). The molecule has 0 fully saturated rings. The molecule has 0 aliphatic rings. The molecule has 1 amide bonds. The topological polar surface area (TPSA) is 74.0 Å². The molecule has 7 heteroatoms. The zero-order valence-corrected chi connectivity index (χ0v) is 16.2. The van der Waals surface area contributed by atoms with Crippen LogP contribution in [0.5, 0.6) is 5.75 Å². The zero-order chi connectivity index (χ0) is 20.2. The average molecular weight is 387 g/mol. The van der Waals surface area contributed by atoms with Gasteiger partial charge in [-0.15, -0.1) is 0 Å². The van der Waals surface area contributed by atoms with Crippen LogP contribution >= 0.6 is 0 Å². The fraction of sp³-hybridized carbons (Fsp3) is 0.136. The van der Waals surface area contributed by atoms with Crippen LogP contribution in [0.1, 0.15) is 15.9 Å². The van der Waals surface area contributed by atoms with Gasteiger partial charge in [-0.25, -0.2) is 4.98 Å². The quantitative estimate of drug-likeness (QED) is 0.549. The SMILES string of the molecule is COc1ccc(-c2cnc(NC(=O)c3ccc(Cn4cccn4)cc3)n2C)cc1. The Morgan fingerprint density at radius 3 is 2.52 bits per heavy atom. The Bertz CT molecular complexity index is 1100. The first-order valence-corrected chi connectivity index (χ1v) is 9.18. The van der Waals surface area contributed by atoms with Gasteiger partial charge in [-0.05, 0) is 48.0 Å². The number of anilines is 1. The molecule has 0 saturated heterocycles. The maximum atomic E-state index is 12.6. The molecule has 7 nitrogen and oxygen atoms in total. The molecular weight excluding hydrogens is 366 g/mol. The number of nitrogens with zero attached hydrogens (tertiary/aromatic N) is 4. The predicted molar refractivity (Wildman–Crippen MR) is 111 cm³/mol. The van der Waals surface area contributed by atoms with Crippen LogP contribution in [-0.2, 0) is 13.6 Å². The van der Waals surface area contributed by atoms with Gasteiger partial charge in [0.05, 0.1) is 25.5 Å². The zero-order valence-electron chi connectivity index (χ0n) is 16.2. The molecule has 0 aliphatic heterocycles. The Balaban J connectivity index is 1.46. The summed E-state index contributed by atoms with van der Waals surface area (Å²) in [6.45, 7) is 0.666. The standard InChI is InChI=1S/C22H21N5O2/c1-26-20(17-8-10-19(29-2)11-9-17)14-23-22(26)25-21(28)18-6-4-16(5-7-18)15-27-13-3-12-24-27/h3-14H,15H2,1-2H3,(H,23,25,28). The van der Waals surface area contributed by atoms with Gasteiger partial charge in [-0.2, -0.15) is 5.10 Å². The summed E-state index contributed by atoms with van der Waals surface area (Å²) in [5.74, 6) is 1.08. The highest BCUT2D eigenvalue weighted by Gasteiger charge is 2.13. The highest BCUT2D eigenvalue weighted by Crippen LogP contribution is 2.24. The number of hydrogen-bond donors (Lipinski definition) is 1. The van der Waals surface area contributed by atoms with Gasteiger partial charge < -0.3 is 9.30 Å². The average Bonchev–Trinajstić information content (AvgIpc) is 3.39. The van der Waals surface area contributed by atoms with Crippen molar-refractivity contribution in [2.45, 2.75) is 6.54 Å². The molecule has 4 aromatic rings. The first-order chi connectivity index (χ1) is 14.1. The van der Waals surface area contributed by atoms with Gasteiger partial charge in [0.1, 0.15) is 5.75 Å². The van der Waals surface area contributed by atoms with Crippen molar-refractivity contribution < 1.29 is 9.53 Å². The van der Waals surface area contributed by atoms with Crippen LogP contribution in [0.2, 0.25) is 0 Å². The van der Waals surface area contributed by atoms with Crippen LogP contribution in [0.4, 0.5) is 5.95 Å². The summed E-state index contributed by atoms with van der Waals surface area (Å²) in [6, 6.07) is 17.1. The van der Waals surface area contributed by atoms with Crippen molar-refractivity contribution in [1.29, 1.82) is 0 Å². The predicted octanol–water partition coefficient (Wildman–Crippen LogP) is 3.59. The van der Waals surface area contributed by atoms with Crippen molar-refractivity contribution in [1.82, 2.24) is 19.3 Å². The van der Waals surface area contributed by atoms with E-state index in [1.807, 2.05) is 77.1 Å². The number of benzene rings is 2. The van der Waals surface area contributed by atoms with Crippen LogP contribution in [0, 0.1) is 0 Å². The number of rotatable bonds is 6. The number of hydrogen-bond acceptors (Lipinski definition) is 4.